The molecule has 2 rings (SSSR count). The van der Waals surface area contributed by atoms with E-state index >= 15 is 0 Å². The zero-order chi connectivity index (χ0) is 14.5. The molecule has 0 unspecified atom stereocenters. The van der Waals surface area contributed by atoms with Crippen molar-refractivity contribution in [1.82, 2.24) is 10.1 Å². The van der Waals surface area contributed by atoms with Gasteiger partial charge < -0.3 is 14.2 Å². The normalized spacial score (nSPS) is 10.3. The number of carbonyl (C=O) groups is 2. The van der Waals surface area contributed by atoms with E-state index in [0.29, 0.717) is 5.76 Å². The largest absolute Gasteiger partial charge is 0.469 e. The third-order valence-electron chi connectivity index (χ3n) is 2.72. The number of aromatic nitrogens is 1. The lowest BCUT2D eigenvalue weighted by molar-refractivity contribution is -0.140. The second-order valence-corrected chi connectivity index (χ2v) is 5.05. The molecule has 7 heteroatoms. The Kier molecular flexibility index (Phi) is 4.52. The number of esters is 1. The molecule has 2 aromatic heterocycles. The van der Waals surface area contributed by atoms with Gasteiger partial charge in [-0.15, -0.1) is 11.3 Å². The summed E-state index contributed by atoms with van der Waals surface area (Å²) in [6.07, 6.45) is 0.147. The van der Waals surface area contributed by atoms with Crippen LogP contribution >= 0.6 is 11.3 Å². The van der Waals surface area contributed by atoms with Crippen molar-refractivity contribution in [1.29, 1.82) is 0 Å². The van der Waals surface area contributed by atoms with Gasteiger partial charge in [0, 0.05) is 19.7 Å². The molecule has 0 aliphatic rings. The number of ether oxygens (including phenoxy) is 1. The second-order valence-electron chi connectivity index (χ2n) is 4.11. The van der Waals surface area contributed by atoms with Crippen LogP contribution < -0.4 is 0 Å². The Bertz CT molecular complexity index is 591. The van der Waals surface area contributed by atoms with Crippen LogP contribution in [0.3, 0.4) is 0 Å². The standard InChI is InChI=1S/C13H14N2O4S/c1-15(6-5-12(16)18-2)13(17)9-8-10(19-14-9)11-4-3-7-20-11/h3-4,7-8H,5-6H2,1-2H3. The number of rotatable bonds is 5. The lowest BCUT2D eigenvalue weighted by Crippen LogP contribution is -2.29. The molecule has 0 spiro atoms. The zero-order valence-corrected chi connectivity index (χ0v) is 12.0. The van der Waals surface area contributed by atoms with Crippen LogP contribution in [0.4, 0.5) is 0 Å². The van der Waals surface area contributed by atoms with Crippen LogP contribution in [0.2, 0.25) is 0 Å². The van der Waals surface area contributed by atoms with Crippen LogP contribution in [0.15, 0.2) is 28.1 Å². The van der Waals surface area contributed by atoms with Crippen LogP contribution in [-0.2, 0) is 9.53 Å². The van der Waals surface area contributed by atoms with Crippen LogP contribution in [-0.4, -0.2) is 42.6 Å². The molecule has 0 N–H and O–H groups in total. The molecule has 20 heavy (non-hydrogen) atoms. The third-order valence-corrected chi connectivity index (χ3v) is 3.60. The van der Waals surface area contributed by atoms with Gasteiger partial charge >= 0.3 is 5.97 Å². The number of hydrogen-bond donors (Lipinski definition) is 0. The van der Waals surface area contributed by atoms with Crippen molar-refractivity contribution in [2.24, 2.45) is 0 Å². The summed E-state index contributed by atoms with van der Waals surface area (Å²) in [6, 6.07) is 5.38. The van der Waals surface area contributed by atoms with Gasteiger partial charge in [-0.3, -0.25) is 9.59 Å². The Hall–Kier alpha value is -2.15. The van der Waals surface area contributed by atoms with Gasteiger partial charge in [0.25, 0.3) is 5.91 Å². The average Bonchev–Trinajstić information content (AvgIpc) is 3.13. The van der Waals surface area contributed by atoms with Gasteiger partial charge in [0.1, 0.15) is 0 Å². The summed E-state index contributed by atoms with van der Waals surface area (Å²) in [4.78, 5) is 25.4. The van der Waals surface area contributed by atoms with Crippen LogP contribution in [0.25, 0.3) is 10.6 Å². The lowest BCUT2D eigenvalue weighted by atomic mass is 10.3. The number of nitrogens with zero attached hydrogens (tertiary/aromatic N) is 2. The van der Waals surface area contributed by atoms with Gasteiger partial charge in [-0.25, -0.2) is 0 Å². The predicted octanol–water partition coefficient (Wildman–Crippen LogP) is 2.04. The minimum Gasteiger partial charge on any atom is -0.469 e. The number of amides is 1. The average molecular weight is 294 g/mol. The first-order valence-electron chi connectivity index (χ1n) is 5.94. The summed E-state index contributed by atoms with van der Waals surface area (Å²) in [6.45, 7) is 0.271. The first kappa shape index (κ1) is 14.3. The maximum atomic E-state index is 12.1. The maximum absolute atomic E-state index is 12.1. The van der Waals surface area contributed by atoms with Crippen molar-refractivity contribution in [3.8, 4) is 10.6 Å². The molecule has 1 amide bonds. The molecule has 106 valence electrons. The van der Waals surface area contributed by atoms with E-state index in [1.54, 1.807) is 13.1 Å². The van der Waals surface area contributed by atoms with E-state index < -0.39 is 0 Å². The van der Waals surface area contributed by atoms with Crippen molar-refractivity contribution in [3.05, 3.63) is 29.3 Å². The molecule has 6 nitrogen and oxygen atoms in total. The monoisotopic (exact) mass is 294 g/mol. The van der Waals surface area contributed by atoms with Gasteiger partial charge in [0.15, 0.2) is 11.5 Å². The Morgan fingerprint density at radius 3 is 2.95 bits per heavy atom. The molecule has 0 saturated carbocycles. The topological polar surface area (TPSA) is 72.6 Å². The van der Waals surface area contributed by atoms with E-state index in [-0.39, 0.29) is 30.5 Å². The zero-order valence-electron chi connectivity index (χ0n) is 11.2. The van der Waals surface area contributed by atoms with Gasteiger partial charge in [0.05, 0.1) is 18.4 Å². The van der Waals surface area contributed by atoms with Gasteiger partial charge in [-0.2, -0.15) is 0 Å². The van der Waals surface area contributed by atoms with Crippen LogP contribution in [0, 0.1) is 0 Å². The fourth-order valence-electron chi connectivity index (χ4n) is 1.57. The summed E-state index contributed by atoms with van der Waals surface area (Å²) < 4.78 is 9.68. The quantitative estimate of drug-likeness (QED) is 0.789. The van der Waals surface area contributed by atoms with Gasteiger partial charge in [0.2, 0.25) is 0 Å². The van der Waals surface area contributed by atoms with Gasteiger partial charge in [-0.05, 0) is 11.4 Å². The fourth-order valence-corrected chi connectivity index (χ4v) is 2.24. The molecule has 2 heterocycles. The molecule has 0 saturated heterocycles. The highest BCUT2D eigenvalue weighted by Gasteiger charge is 2.18. The molecule has 0 aliphatic heterocycles. The van der Waals surface area contributed by atoms with E-state index in [4.69, 9.17) is 4.52 Å². The summed E-state index contributed by atoms with van der Waals surface area (Å²) in [5.41, 5.74) is 0.223. The molecular formula is C13H14N2O4S. The SMILES string of the molecule is COC(=O)CCN(C)C(=O)c1cc(-c2cccs2)on1. The van der Waals surface area contributed by atoms with E-state index in [2.05, 4.69) is 9.89 Å². The predicted molar refractivity (Wildman–Crippen MR) is 73.4 cm³/mol. The molecule has 0 aromatic carbocycles. The smallest absolute Gasteiger partial charge is 0.307 e. The van der Waals surface area contributed by atoms with Crippen molar-refractivity contribution in [3.63, 3.8) is 0 Å². The lowest BCUT2D eigenvalue weighted by Gasteiger charge is -2.14. The second kappa shape index (κ2) is 6.33. The molecule has 2 aromatic rings. The number of thiophene rings is 1. The molecular weight excluding hydrogens is 280 g/mol. The molecule has 0 fully saturated rings. The molecule has 0 atom stereocenters. The highest BCUT2D eigenvalue weighted by atomic mass is 32.1. The van der Waals surface area contributed by atoms with E-state index in [0.717, 1.165) is 4.88 Å². The summed E-state index contributed by atoms with van der Waals surface area (Å²) in [7, 11) is 2.92. The molecule has 0 radical (unpaired) electrons. The van der Waals surface area contributed by atoms with Gasteiger partial charge in [-0.1, -0.05) is 11.2 Å². The first-order valence-corrected chi connectivity index (χ1v) is 6.82. The minimum absolute atomic E-state index is 0.147. The van der Waals surface area contributed by atoms with Crippen molar-refractivity contribution < 1.29 is 18.8 Å². The Morgan fingerprint density at radius 1 is 1.50 bits per heavy atom. The van der Waals surface area contributed by atoms with E-state index in [9.17, 15) is 9.59 Å². The first-order chi connectivity index (χ1) is 9.61. The van der Waals surface area contributed by atoms with Crippen molar-refractivity contribution >= 4 is 23.2 Å². The maximum Gasteiger partial charge on any atom is 0.307 e. The summed E-state index contributed by atoms with van der Waals surface area (Å²) in [5.74, 6) is -0.0887. The minimum atomic E-state index is -0.357. The highest BCUT2D eigenvalue weighted by Crippen LogP contribution is 2.25. The third kappa shape index (κ3) is 3.24. The van der Waals surface area contributed by atoms with Crippen molar-refractivity contribution in [2.75, 3.05) is 20.7 Å². The Morgan fingerprint density at radius 2 is 2.30 bits per heavy atom. The number of carbonyl (C=O) groups excluding carboxylic acids is 2. The highest BCUT2D eigenvalue weighted by molar-refractivity contribution is 7.13. The van der Waals surface area contributed by atoms with E-state index in [1.165, 1.54) is 23.3 Å². The van der Waals surface area contributed by atoms with E-state index in [1.807, 2.05) is 17.5 Å². The van der Waals surface area contributed by atoms with Crippen molar-refractivity contribution in [2.45, 2.75) is 6.42 Å². The number of hydrogen-bond acceptors (Lipinski definition) is 6. The van der Waals surface area contributed by atoms with Crippen LogP contribution in [0.5, 0.6) is 0 Å². The Labute approximate surface area is 119 Å². The molecule has 0 aliphatic carbocycles. The Balaban J connectivity index is 2.00. The summed E-state index contributed by atoms with van der Waals surface area (Å²) >= 11 is 1.51. The number of methoxy groups -OCH3 is 1. The molecule has 0 bridgehead atoms. The van der Waals surface area contributed by atoms with Crippen LogP contribution in [0.1, 0.15) is 16.9 Å². The summed E-state index contributed by atoms with van der Waals surface area (Å²) in [5, 5.41) is 5.68. The fraction of sp³-hybridized carbons (Fsp3) is 0.308.